The molecule has 0 amide bonds. The summed E-state index contributed by atoms with van der Waals surface area (Å²) in [4.78, 5) is 4.27. The Morgan fingerprint density at radius 1 is 1.15 bits per heavy atom. The SMILES string of the molecule is CCC(C)c1ccc(Oc2ncccc2[C@@H](C)N)cc1. The fourth-order valence-corrected chi connectivity index (χ4v) is 2.05. The van der Waals surface area contributed by atoms with E-state index in [0.29, 0.717) is 11.8 Å². The zero-order chi connectivity index (χ0) is 14.5. The molecule has 2 aromatic rings. The molecular weight excluding hydrogens is 248 g/mol. The molecule has 1 unspecified atom stereocenters. The van der Waals surface area contributed by atoms with Crippen molar-refractivity contribution in [3.63, 3.8) is 0 Å². The highest BCUT2D eigenvalue weighted by Crippen LogP contribution is 2.28. The molecule has 0 aliphatic heterocycles. The van der Waals surface area contributed by atoms with Crippen molar-refractivity contribution < 1.29 is 4.74 Å². The summed E-state index contributed by atoms with van der Waals surface area (Å²) >= 11 is 0. The first-order chi connectivity index (χ1) is 9.61. The summed E-state index contributed by atoms with van der Waals surface area (Å²) in [5.41, 5.74) is 8.17. The zero-order valence-corrected chi connectivity index (χ0v) is 12.3. The quantitative estimate of drug-likeness (QED) is 0.875. The largest absolute Gasteiger partial charge is 0.439 e. The van der Waals surface area contributed by atoms with Gasteiger partial charge in [-0.05, 0) is 43.0 Å². The Kier molecular flexibility index (Phi) is 4.74. The smallest absolute Gasteiger partial charge is 0.223 e. The number of aromatic nitrogens is 1. The van der Waals surface area contributed by atoms with Crippen LogP contribution in [0.2, 0.25) is 0 Å². The normalized spacial score (nSPS) is 13.8. The Balaban J connectivity index is 2.18. The molecular formula is C17H22N2O. The molecule has 1 aromatic carbocycles. The van der Waals surface area contributed by atoms with Crippen LogP contribution in [0.5, 0.6) is 11.6 Å². The number of benzene rings is 1. The number of pyridine rings is 1. The van der Waals surface area contributed by atoms with Crippen molar-refractivity contribution in [2.75, 3.05) is 0 Å². The predicted octanol–water partition coefficient (Wildman–Crippen LogP) is 4.41. The highest BCUT2D eigenvalue weighted by atomic mass is 16.5. The molecule has 0 aliphatic rings. The van der Waals surface area contributed by atoms with Gasteiger partial charge in [0, 0.05) is 17.8 Å². The van der Waals surface area contributed by atoms with Gasteiger partial charge in [0.2, 0.25) is 5.88 Å². The van der Waals surface area contributed by atoms with Crippen LogP contribution in [-0.4, -0.2) is 4.98 Å². The molecule has 20 heavy (non-hydrogen) atoms. The molecule has 106 valence electrons. The van der Waals surface area contributed by atoms with Crippen molar-refractivity contribution in [3.8, 4) is 11.6 Å². The van der Waals surface area contributed by atoms with Crippen LogP contribution in [0.3, 0.4) is 0 Å². The summed E-state index contributed by atoms with van der Waals surface area (Å²) < 4.78 is 5.85. The minimum absolute atomic E-state index is 0.0990. The van der Waals surface area contributed by atoms with Crippen LogP contribution in [0.25, 0.3) is 0 Å². The van der Waals surface area contributed by atoms with Gasteiger partial charge in [0.1, 0.15) is 5.75 Å². The number of nitrogens with two attached hydrogens (primary N) is 1. The second kappa shape index (κ2) is 6.53. The van der Waals surface area contributed by atoms with Gasteiger partial charge >= 0.3 is 0 Å². The van der Waals surface area contributed by atoms with Crippen molar-refractivity contribution >= 4 is 0 Å². The maximum atomic E-state index is 5.93. The lowest BCUT2D eigenvalue weighted by molar-refractivity contribution is 0.451. The Morgan fingerprint density at radius 2 is 1.85 bits per heavy atom. The first-order valence-electron chi connectivity index (χ1n) is 7.10. The molecule has 0 radical (unpaired) electrons. The second-order valence-electron chi connectivity index (χ2n) is 5.17. The van der Waals surface area contributed by atoms with E-state index < -0.39 is 0 Å². The molecule has 0 spiro atoms. The van der Waals surface area contributed by atoms with Crippen LogP contribution in [0.4, 0.5) is 0 Å². The third-order valence-electron chi connectivity index (χ3n) is 3.57. The Morgan fingerprint density at radius 3 is 2.45 bits per heavy atom. The Labute approximate surface area is 120 Å². The molecule has 0 saturated heterocycles. The summed E-state index contributed by atoms with van der Waals surface area (Å²) in [5, 5.41) is 0. The highest BCUT2D eigenvalue weighted by molar-refractivity contribution is 5.35. The molecule has 3 heteroatoms. The van der Waals surface area contributed by atoms with Crippen LogP contribution in [-0.2, 0) is 0 Å². The molecule has 0 saturated carbocycles. The first kappa shape index (κ1) is 14.5. The van der Waals surface area contributed by atoms with Gasteiger partial charge in [0.05, 0.1) is 0 Å². The molecule has 1 aromatic heterocycles. The van der Waals surface area contributed by atoms with E-state index in [9.17, 15) is 0 Å². The van der Waals surface area contributed by atoms with E-state index in [0.717, 1.165) is 17.7 Å². The fraction of sp³-hybridized carbons (Fsp3) is 0.353. The molecule has 0 aliphatic carbocycles. The third-order valence-corrected chi connectivity index (χ3v) is 3.57. The van der Waals surface area contributed by atoms with E-state index in [-0.39, 0.29) is 6.04 Å². The number of hydrogen-bond acceptors (Lipinski definition) is 3. The number of nitrogens with zero attached hydrogens (tertiary/aromatic N) is 1. The average Bonchev–Trinajstić information content (AvgIpc) is 2.47. The molecule has 2 rings (SSSR count). The predicted molar refractivity (Wildman–Crippen MR) is 82.1 cm³/mol. The second-order valence-corrected chi connectivity index (χ2v) is 5.17. The zero-order valence-electron chi connectivity index (χ0n) is 12.3. The molecule has 0 fully saturated rings. The lowest BCUT2D eigenvalue weighted by Crippen LogP contribution is -2.07. The highest BCUT2D eigenvalue weighted by Gasteiger charge is 2.10. The van der Waals surface area contributed by atoms with Gasteiger partial charge in [-0.25, -0.2) is 4.98 Å². The fourth-order valence-electron chi connectivity index (χ4n) is 2.05. The first-order valence-corrected chi connectivity index (χ1v) is 7.10. The molecule has 1 heterocycles. The summed E-state index contributed by atoms with van der Waals surface area (Å²) in [5.74, 6) is 1.94. The maximum Gasteiger partial charge on any atom is 0.223 e. The average molecular weight is 270 g/mol. The van der Waals surface area contributed by atoms with Gasteiger partial charge in [-0.1, -0.05) is 32.0 Å². The summed E-state index contributed by atoms with van der Waals surface area (Å²) in [6.45, 7) is 6.34. The van der Waals surface area contributed by atoms with E-state index in [1.165, 1.54) is 5.56 Å². The van der Waals surface area contributed by atoms with Gasteiger partial charge < -0.3 is 10.5 Å². The van der Waals surface area contributed by atoms with Crippen LogP contribution in [0, 0.1) is 0 Å². The Hall–Kier alpha value is -1.87. The van der Waals surface area contributed by atoms with Gasteiger partial charge in [0.25, 0.3) is 0 Å². The summed E-state index contributed by atoms with van der Waals surface area (Å²) in [7, 11) is 0. The maximum absolute atomic E-state index is 5.93. The monoisotopic (exact) mass is 270 g/mol. The van der Waals surface area contributed by atoms with Crippen molar-refractivity contribution in [3.05, 3.63) is 53.7 Å². The van der Waals surface area contributed by atoms with Crippen molar-refractivity contribution in [1.29, 1.82) is 0 Å². The topological polar surface area (TPSA) is 48.1 Å². The number of ether oxygens (including phenoxy) is 1. The minimum Gasteiger partial charge on any atom is -0.439 e. The molecule has 3 nitrogen and oxygen atoms in total. The van der Waals surface area contributed by atoms with E-state index in [4.69, 9.17) is 10.5 Å². The lowest BCUT2D eigenvalue weighted by Gasteiger charge is -2.13. The number of hydrogen-bond donors (Lipinski definition) is 1. The molecule has 0 bridgehead atoms. The van der Waals surface area contributed by atoms with Crippen LogP contribution >= 0.6 is 0 Å². The number of rotatable bonds is 5. The lowest BCUT2D eigenvalue weighted by atomic mass is 9.99. The van der Waals surface area contributed by atoms with E-state index in [2.05, 4.69) is 31.0 Å². The van der Waals surface area contributed by atoms with Crippen molar-refractivity contribution in [1.82, 2.24) is 4.98 Å². The van der Waals surface area contributed by atoms with Crippen molar-refractivity contribution in [2.24, 2.45) is 5.73 Å². The van der Waals surface area contributed by atoms with Crippen molar-refractivity contribution in [2.45, 2.75) is 39.2 Å². The Bertz CT molecular complexity index is 549. The van der Waals surface area contributed by atoms with E-state index >= 15 is 0 Å². The van der Waals surface area contributed by atoms with Gasteiger partial charge in [-0.15, -0.1) is 0 Å². The van der Waals surface area contributed by atoms with E-state index in [1.807, 2.05) is 31.2 Å². The van der Waals surface area contributed by atoms with Gasteiger partial charge in [-0.2, -0.15) is 0 Å². The van der Waals surface area contributed by atoms with Crippen LogP contribution in [0.15, 0.2) is 42.6 Å². The van der Waals surface area contributed by atoms with E-state index in [1.54, 1.807) is 6.20 Å². The van der Waals surface area contributed by atoms with Crippen LogP contribution < -0.4 is 10.5 Å². The standard InChI is InChI=1S/C17H22N2O/c1-4-12(2)14-7-9-15(10-8-14)20-17-16(13(3)18)6-5-11-19-17/h5-13H,4,18H2,1-3H3/t12?,13-/m1/s1. The minimum atomic E-state index is -0.0990. The molecule has 2 N–H and O–H groups in total. The third kappa shape index (κ3) is 3.36. The van der Waals surface area contributed by atoms with Crippen LogP contribution in [0.1, 0.15) is 50.3 Å². The van der Waals surface area contributed by atoms with Gasteiger partial charge in [0.15, 0.2) is 0 Å². The van der Waals surface area contributed by atoms with Gasteiger partial charge in [-0.3, -0.25) is 0 Å². The molecule has 2 atom stereocenters. The summed E-state index contributed by atoms with van der Waals surface area (Å²) in [6.07, 6.45) is 2.85. The summed E-state index contributed by atoms with van der Waals surface area (Å²) in [6, 6.07) is 11.9.